The van der Waals surface area contributed by atoms with E-state index in [2.05, 4.69) is 29.8 Å². The predicted octanol–water partition coefficient (Wildman–Crippen LogP) is 0.530. The van der Waals surface area contributed by atoms with Gasteiger partial charge < -0.3 is 16.0 Å². The summed E-state index contributed by atoms with van der Waals surface area (Å²) in [6.45, 7) is 4.38. The van der Waals surface area contributed by atoms with Gasteiger partial charge in [-0.05, 0) is 40.9 Å². The second kappa shape index (κ2) is 5.51. The van der Waals surface area contributed by atoms with Crippen LogP contribution in [0.5, 0.6) is 0 Å². The second-order valence-electron chi connectivity index (χ2n) is 3.33. The van der Waals surface area contributed by atoms with Gasteiger partial charge in [-0.3, -0.25) is 0 Å². The monoisotopic (exact) mass is 173 g/mol. The summed E-state index contributed by atoms with van der Waals surface area (Å²) in [5.74, 6) is 0. The molecule has 0 saturated carbocycles. The van der Waals surface area contributed by atoms with Crippen molar-refractivity contribution in [3.05, 3.63) is 0 Å². The average molecular weight is 173 g/mol. The lowest BCUT2D eigenvalue weighted by molar-refractivity contribution is 0.239. The fourth-order valence-corrected chi connectivity index (χ4v) is 1.45. The van der Waals surface area contributed by atoms with E-state index in [0.717, 1.165) is 12.8 Å². The van der Waals surface area contributed by atoms with Crippen LogP contribution in [0.15, 0.2) is 0 Å². The summed E-state index contributed by atoms with van der Waals surface area (Å²) in [6.07, 6.45) is 2.18. The molecule has 0 radical (unpaired) electrons. The minimum atomic E-state index is 0.0857. The summed E-state index contributed by atoms with van der Waals surface area (Å²) in [5, 5.41) is 9.90. The zero-order valence-corrected chi connectivity index (χ0v) is 8.99. The lowest BCUT2D eigenvalue weighted by Gasteiger charge is -2.34. The van der Waals surface area contributed by atoms with Crippen LogP contribution in [0.3, 0.4) is 0 Å². The van der Waals surface area contributed by atoms with E-state index in [1.54, 1.807) is 0 Å². The smallest absolute Gasteiger partial charge is 0.0694 e. The van der Waals surface area contributed by atoms with E-state index in [9.17, 15) is 0 Å². The van der Waals surface area contributed by atoms with Crippen LogP contribution in [-0.4, -0.2) is 32.8 Å². The number of hydrogen-bond donors (Lipinski definition) is 3. The largest absolute Gasteiger partial charge is 0.317 e. The Labute approximate surface area is 76.3 Å². The van der Waals surface area contributed by atoms with E-state index in [1.165, 1.54) is 0 Å². The van der Waals surface area contributed by atoms with Crippen molar-refractivity contribution in [3.63, 3.8) is 0 Å². The first-order valence-electron chi connectivity index (χ1n) is 4.69. The van der Waals surface area contributed by atoms with Gasteiger partial charge in [0.1, 0.15) is 0 Å². The lowest BCUT2D eigenvalue weighted by atomic mass is 9.98. The molecule has 0 fully saturated rings. The van der Waals surface area contributed by atoms with Gasteiger partial charge >= 0.3 is 0 Å². The molecule has 12 heavy (non-hydrogen) atoms. The normalized spacial score (nSPS) is 14.8. The third-order valence-electron chi connectivity index (χ3n) is 2.71. The average Bonchev–Trinajstić information content (AvgIpc) is 2.14. The van der Waals surface area contributed by atoms with E-state index in [4.69, 9.17) is 0 Å². The van der Waals surface area contributed by atoms with Gasteiger partial charge in [-0.1, -0.05) is 6.92 Å². The molecule has 1 unspecified atom stereocenters. The number of rotatable bonds is 6. The highest BCUT2D eigenvalue weighted by molar-refractivity contribution is 4.84. The first kappa shape index (κ1) is 11.9. The highest BCUT2D eigenvalue weighted by Crippen LogP contribution is 2.12. The van der Waals surface area contributed by atoms with Crippen molar-refractivity contribution in [2.75, 3.05) is 21.1 Å². The predicted molar refractivity (Wildman–Crippen MR) is 54.3 cm³/mol. The van der Waals surface area contributed by atoms with Gasteiger partial charge in [0.15, 0.2) is 0 Å². The van der Waals surface area contributed by atoms with Crippen LogP contribution in [0.1, 0.15) is 26.7 Å². The molecule has 0 amide bonds. The van der Waals surface area contributed by atoms with Crippen LogP contribution in [0.2, 0.25) is 0 Å². The standard InChI is InChI=1S/C9H23N3/c1-6-9(11-4,12-5)7-8(2)10-3/h8,10-12H,6-7H2,1-5H3. The molecule has 3 N–H and O–H groups in total. The molecule has 0 aromatic carbocycles. The van der Waals surface area contributed by atoms with E-state index >= 15 is 0 Å². The van der Waals surface area contributed by atoms with Gasteiger partial charge in [0.2, 0.25) is 0 Å². The maximum Gasteiger partial charge on any atom is 0.0694 e. The van der Waals surface area contributed by atoms with Crippen molar-refractivity contribution >= 4 is 0 Å². The Morgan fingerprint density at radius 2 is 1.67 bits per heavy atom. The quantitative estimate of drug-likeness (QED) is 0.513. The Kier molecular flexibility index (Phi) is 5.46. The van der Waals surface area contributed by atoms with Crippen LogP contribution in [0, 0.1) is 0 Å². The summed E-state index contributed by atoms with van der Waals surface area (Å²) >= 11 is 0. The van der Waals surface area contributed by atoms with Gasteiger partial charge in [-0.2, -0.15) is 0 Å². The molecule has 0 aromatic rings. The van der Waals surface area contributed by atoms with E-state index in [-0.39, 0.29) is 5.66 Å². The maximum absolute atomic E-state index is 3.33. The molecule has 74 valence electrons. The third-order valence-corrected chi connectivity index (χ3v) is 2.71. The molecule has 0 spiro atoms. The number of nitrogens with one attached hydrogen (secondary N) is 3. The van der Waals surface area contributed by atoms with Crippen LogP contribution in [0.25, 0.3) is 0 Å². The molecule has 3 nitrogen and oxygen atoms in total. The molecular formula is C9H23N3. The van der Waals surface area contributed by atoms with Gasteiger partial charge in [-0.15, -0.1) is 0 Å². The van der Waals surface area contributed by atoms with Crippen molar-refractivity contribution in [1.82, 2.24) is 16.0 Å². The maximum atomic E-state index is 3.33. The van der Waals surface area contributed by atoms with Crippen molar-refractivity contribution in [3.8, 4) is 0 Å². The Hall–Kier alpha value is -0.120. The molecule has 0 saturated heterocycles. The summed E-state index contributed by atoms with van der Waals surface area (Å²) in [4.78, 5) is 0. The second-order valence-corrected chi connectivity index (χ2v) is 3.33. The van der Waals surface area contributed by atoms with Crippen LogP contribution >= 0.6 is 0 Å². The van der Waals surface area contributed by atoms with Crippen molar-refractivity contribution in [2.24, 2.45) is 0 Å². The summed E-state index contributed by atoms with van der Waals surface area (Å²) in [5.41, 5.74) is 0.0857. The van der Waals surface area contributed by atoms with Gasteiger partial charge in [0.25, 0.3) is 0 Å². The van der Waals surface area contributed by atoms with Crippen LogP contribution < -0.4 is 16.0 Å². The Morgan fingerprint density at radius 1 is 1.17 bits per heavy atom. The van der Waals surface area contributed by atoms with E-state index in [1.807, 2.05) is 21.1 Å². The van der Waals surface area contributed by atoms with Crippen LogP contribution in [0.4, 0.5) is 0 Å². The van der Waals surface area contributed by atoms with E-state index < -0.39 is 0 Å². The first-order chi connectivity index (χ1) is 5.64. The van der Waals surface area contributed by atoms with Gasteiger partial charge in [0, 0.05) is 6.04 Å². The molecule has 0 heterocycles. The molecular weight excluding hydrogens is 150 g/mol. The zero-order valence-electron chi connectivity index (χ0n) is 8.99. The zero-order chi connectivity index (χ0) is 9.61. The first-order valence-corrected chi connectivity index (χ1v) is 4.69. The fraction of sp³-hybridized carbons (Fsp3) is 1.00. The van der Waals surface area contributed by atoms with Crippen molar-refractivity contribution in [1.29, 1.82) is 0 Å². The summed E-state index contributed by atoms with van der Waals surface area (Å²) in [6, 6.07) is 0.532. The third kappa shape index (κ3) is 3.09. The van der Waals surface area contributed by atoms with Crippen molar-refractivity contribution in [2.45, 2.75) is 38.4 Å². The van der Waals surface area contributed by atoms with Gasteiger partial charge in [0.05, 0.1) is 5.66 Å². The summed E-state index contributed by atoms with van der Waals surface area (Å²) in [7, 11) is 6.00. The molecule has 0 bridgehead atoms. The lowest BCUT2D eigenvalue weighted by Crippen LogP contribution is -2.56. The summed E-state index contributed by atoms with van der Waals surface area (Å²) < 4.78 is 0. The minimum absolute atomic E-state index is 0.0857. The highest BCUT2D eigenvalue weighted by Gasteiger charge is 2.25. The number of hydrogen-bond acceptors (Lipinski definition) is 3. The molecule has 0 aromatic heterocycles. The topological polar surface area (TPSA) is 36.1 Å². The Bertz CT molecular complexity index is 102. The molecule has 0 rings (SSSR count). The molecule has 1 atom stereocenters. The fourth-order valence-electron chi connectivity index (χ4n) is 1.45. The van der Waals surface area contributed by atoms with E-state index in [0.29, 0.717) is 6.04 Å². The Morgan fingerprint density at radius 3 is 1.92 bits per heavy atom. The highest BCUT2D eigenvalue weighted by atomic mass is 15.2. The Balaban J connectivity index is 4.09. The van der Waals surface area contributed by atoms with Crippen LogP contribution in [-0.2, 0) is 0 Å². The molecule has 0 aliphatic heterocycles. The minimum Gasteiger partial charge on any atom is -0.317 e. The molecule has 0 aliphatic carbocycles. The molecule has 3 heteroatoms. The van der Waals surface area contributed by atoms with Crippen molar-refractivity contribution < 1.29 is 0 Å². The SMILES string of the molecule is CCC(CC(C)NC)(NC)NC. The van der Waals surface area contributed by atoms with Gasteiger partial charge in [-0.25, -0.2) is 0 Å². The molecule has 0 aliphatic rings.